The van der Waals surface area contributed by atoms with E-state index in [9.17, 15) is 4.79 Å². The lowest BCUT2D eigenvalue weighted by Gasteiger charge is -2.32. The minimum absolute atomic E-state index is 0.0339. The van der Waals surface area contributed by atoms with Crippen LogP contribution >= 0.6 is 0 Å². The number of nitrogens with zero attached hydrogens (tertiary/aromatic N) is 3. The van der Waals surface area contributed by atoms with E-state index in [1.54, 1.807) is 6.33 Å². The minimum Gasteiger partial charge on any atom is -0.356 e. The van der Waals surface area contributed by atoms with E-state index in [2.05, 4.69) is 45.3 Å². The van der Waals surface area contributed by atoms with Gasteiger partial charge in [0.15, 0.2) is 0 Å². The van der Waals surface area contributed by atoms with Gasteiger partial charge in [0.2, 0.25) is 5.91 Å². The number of amides is 1. The van der Waals surface area contributed by atoms with E-state index in [1.165, 1.54) is 5.56 Å². The van der Waals surface area contributed by atoms with E-state index < -0.39 is 0 Å². The Hall–Kier alpha value is -3.21. The summed E-state index contributed by atoms with van der Waals surface area (Å²) in [6, 6.07) is 20.2. The van der Waals surface area contributed by atoms with Crippen molar-refractivity contribution in [2.75, 3.05) is 23.3 Å². The lowest BCUT2D eigenvalue weighted by molar-refractivity contribution is -0.120. The molecule has 0 aliphatic carbocycles. The molecule has 1 N–H and O–H groups in total. The van der Waals surface area contributed by atoms with Gasteiger partial charge < -0.3 is 10.2 Å². The van der Waals surface area contributed by atoms with Crippen LogP contribution in [0.25, 0.3) is 11.3 Å². The van der Waals surface area contributed by atoms with E-state index in [4.69, 9.17) is 0 Å². The van der Waals surface area contributed by atoms with Crippen LogP contribution in [0.1, 0.15) is 25.3 Å². The third-order valence-electron chi connectivity index (χ3n) is 5.57. The summed E-state index contributed by atoms with van der Waals surface area (Å²) < 4.78 is 0. The van der Waals surface area contributed by atoms with Crippen molar-refractivity contribution in [3.8, 4) is 11.3 Å². The molecule has 5 nitrogen and oxygen atoms in total. The van der Waals surface area contributed by atoms with Gasteiger partial charge in [-0.25, -0.2) is 9.97 Å². The summed E-state index contributed by atoms with van der Waals surface area (Å²) in [6.45, 7) is 3.74. The highest BCUT2D eigenvalue weighted by Gasteiger charge is 2.26. The largest absolute Gasteiger partial charge is 0.356 e. The number of carbonyl (C=O) groups excluding carboxylic acids is 1. The van der Waals surface area contributed by atoms with Gasteiger partial charge in [-0.15, -0.1) is 0 Å². The molecule has 1 aromatic heterocycles. The molecular weight excluding hydrogens is 360 g/mol. The molecule has 1 saturated heterocycles. The van der Waals surface area contributed by atoms with Crippen LogP contribution < -0.4 is 10.2 Å². The number of aromatic nitrogens is 2. The monoisotopic (exact) mass is 386 g/mol. The van der Waals surface area contributed by atoms with E-state index in [-0.39, 0.29) is 11.8 Å². The summed E-state index contributed by atoms with van der Waals surface area (Å²) in [7, 11) is 0. The zero-order valence-corrected chi connectivity index (χ0v) is 16.7. The van der Waals surface area contributed by atoms with Gasteiger partial charge in [-0.3, -0.25) is 4.79 Å². The first-order valence-electron chi connectivity index (χ1n) is 10.3. The Balaban J connectivity index is 1.39. The van der Waals surface area contributed by atoms with Crippen molar-refractivity contribution in [1.29, 1.82) is 0 Å². The SMILES string of the molecule is CCc1ccccc1NC(=O)C1CCN(c2cc(-c3ccccc3)ncn2)CC1. The van der Waals surface area contributed by atoms with Gasteiger partial charge in [0, 0.05) is 36.3 Å². The zero-order chi connectivity index (χ0) is 20.1. The lowest BCUT2D eigenvalue weighted by atomic mass is 9.95. The van der Waals surface area contributed by atoms with Gasteiger partial charge in [-0.1, -0.05) is 55.5 Å². The molecule has 0 unspecified atom stereocenters. The molecule has 1 fully saturated rings. The lowest BCUT2D eigenvalue weighted by Crippen LogP contribution is -2.38. The Labute approximate surface area is 171 Å². The Kier molecular flexibility index (Phi) is 5.84. The zero-order valence-electron chi connectivity index (χ0n) is 16.7. The van der Waals surface area contributed by atoms with Crippen LogP contribution in [-0.4, -0.2) is 29.0 Å². The van der Waals surface area contributed by atoms with Crippen molar-refractivity contribution in [1.82, 2.24) is 9.97 Å². The number of piperidine rings is 1. The molecule has 5 heteroatoms. The second-order valence-corrected chi connectivity index (χ2v) is 7.39. The highest BCUT2D eigenvalue weighted by molar-refractivity contribution is 5.93. The Morgan fingerprint density at radius 2 is 1.76 bits per heavy atom. The molecule has 1 aliphatic rings. The maximum atomic E-state index is 12.8. The number of carbonyl (C=O) groups is 1. The summed E-state index contributed by atoms with van der Waals surface area (Å²) >= 11 is 0. The van der Waals surface area contributed by atoms with Crippen molar-refractivity contribution in [2.45, 2.75) is 26.2 Å². The van der Waals surface area contributed by atoms with E-state index in [0.29, 0.717) is 0 Å². The predicted molar refractivity (Wildman–Crippen MR) is 117 cm³/mol. The smallest absolute Gasteiger partial charge is 0.227 e. The standard InChI is InChI=1S/C24H26N4O/c1-2-18-8-6-7-11-21(18)27-24(29)20-12-14-28(15-13-20)23-16-22(25-17-26-23)19-9-4-3-5-10-19/h3-11,16-17,20H,2,12-15H2,1H3,(H,27,29). The average Bonchev–Trinajstić information content (AvgIpc) is 2.80. The summed E-state index contributed by atoms with van der Waals surface area (Å²) in [4.78, 5) is 23.9. The van der Waals surface area contributed by atoms with Crippen LogP contribution in [0.3, 0.4) is 0 Å². The molecule has 1 amide bonds. The number of benzene rings is 2. The fourth-order valence-corrected chi connectivity index (χ4v) is 3.84. The highest BCUT2D eigenvalue weighted by atomic mass is 16.1. The Bertz CT molecular complexity index is 965. The number of aryl methyl sites for hydroxylation is 1. The molecule has 1 aliphatic heterocycles. The van der Waals surface area contributed by atoms with E-state index in [0.717, 1.165) is 55.1 Å². The van der Waals surface area contributed by atoms with Gasteiger partial charge in [0.25, 0.3) is 0 Å². The van der Waals surface area contributed by atoms with Crippen molar-refractivity contribution >= 4 is 17.4 Å². The fourth-order valence-electron chi connectivity index (χ4n) is 3.84. The maximum Gasteiger partial charge on any atom is 0.227 e. The number of rotatable bonds is 5. The number of hydrogen-bond acceptors (Lipinski definition) is 4. The number of hydrogen-bond donors (Lipinski definition) is 1. The molecular formula is C24H26N4O. The molecule has 0 bridgehead atoms. The predicted octanol–water partition coefficient (Wildman–Crippen LogP) is 4.56. The fraction of sp³-hybridized carbons (Fsp3) is 0.292. The topological polar surface area (TPSA) is 58.1 Å². The third kappa shape index (κ3) is 4.45. The maximum absolute atomic E-state index is 12.8. The summed E-state index contributed by atoms with van der Waals surface area (Å²) in [6.07, 6.45) is 4.18. The molecule has 29 heavy (non-hydrogen) atoms. The molecule has 0 spiro atoms. The van der Waals surface area contributed by atoms with Crippen molar-refractivity contribution < 1.29 is 4.79 Å². The molecule has 0 radical (unpaired) electrons. The van der Waals surface area contributed by atoms with Crippen LogP contribution in [0, 0.1) is 5.92 Å². The third-order valence-corrected chi connectivity index (χ3v) is 5.57. The first-order chi connectivity index (χ1) is 14.2. The second-order valence-electron chi connectivity index (χ2n) is 7.39. The first-order valence-corrected chi connectivity index (χ1v) is 10.3. The number of nitrogens with one attached hydrogen (secondary N) is 1. The van der Waals surface area contributed by atoms with Crippen LogP contribution in [0.4, 0.5) is 11.5 Å². The van der Waals surface area contributed by atoms with Crippen molar-refractivity contribution in [3.05, 3.63) is 72.6 Å². The Morgan fingerprint density at radius 3 is 2.52 bits per heavy atom. The van der Waals surface area contributed by atoms with Gasteiger partial charge in [0.05, 0.1) is 5.69 Å². The molecule has 2 aromatic carbocycles. The highest BCUT2D eigenvalue weighted by Crippen LogP contribution is 2.26. The molecule has 0 atom stereocenters. The quantitative estimate of drug-likeness (QED) is 0.698. The van der Waals surface area contributed by atoms with Gasteiger partial charge in [-0.2, -0.15) is 0 Å². The molecule has 2 heterocycles. The summed E-state index contributed by atoms with van der Waals surface area (Å²) in [5, 5.41) is 3.13. The van der Waals surface area contributed by atoms with E-state index >= 15 is 0 Å². The second kappa shape index (κ2) is 8.86. The molecule has 148 valence electrons. The first kappa shape index (κ1) is 19.1. The Morgan fingerprint density at radius 1 is 1.03 bits per heavy atom. The molecule has 4 rings (SSSR count). The van der Waals surface area contributed by atoms with Crippen molar-refractivity contribution in [2.24, 2.45) is 5.92 Å². The molecule has 0 saturated carbocycles. The normalized spacial score (nSPS) is 14.6. The van der Waals surface area contributed by atoms with Gasteiger partial charge >= 0.3 is 0 Å². The van der Waals surface area contributed by atoms with Gasteiger partial charge in [0.1, 0.15) is 12.1 Å². The average molecular weight is 386 g/mol. The van der Waals surface area contributed by atoms with Crippen LogP contribution in [-0.2, 0) is 11.2 Å². The summed E-state index contributed by atoms with van der Waals surface area (Å²) in [5.41, 5.74) is 4.12. The number of anilines is 2. The number of para-hydroxylation sites is 1. The van der Waals surface area contributed by atoms with E-state index in [1.807, 2.05) is 42.5 Å². The summed E-state index contributed by atoms with van der Waals surface area (Å²) in [5.74, 6) is 1.08. The van der Waals surface area contributed by atoms with Gasteiger partial charge in [-0.05, 0) is 30.9 Å². The van der Waals surface area contributed by atoms with Crippen LogP contribution in [0.5, 0.6) is 0 Å². The van der Waals surface area contributed by atoms with Crippen molar-refractivity contribution in [3.63, 3.8) is 0 Å². The van der Waals surface area contributed by atoms with Crippen LogP contribution in [0.2, 0.25) is 0 Å². The molecule has 3 aromatic rings. The van der Waals surface area contributed by atoms with Crippen LogP contribution in [0.15, 0.2) is 67.0 Å². The minimum atomic E-state index is 0.0339.